The zero-order valence-corrected chi connectivity index (χ0v) is 12.3. The van der Waals surface area contributed by atoms with Crippen molar-refractivity contribution in [1.29, 1.82) is 5.26 Å². The summed E-state index contributed by atoms with van der Waals surface area (Å²) in [5, 5.41) is 8.77. The smallest absolute Gasteiger partial charge is 0.0991 e. The van der Waals surface area contributed by atoms with Crippen molar-refractivity contribution in [3.05, 3.63) is 35.4 Å². The van der Waals surface area contributed by atoms with E-state index in [0.29, 0.717) is 5.56 Å². The second-order valence-electron chi connectivity index (χ2n) is 5.71. The predicted molar refractivity (Wildman–Crippen MR) is 81.4 cm³/mol. The van der Waals surface area contributed by atoms with Gasteiger partial charge in [0.15, 0.2) is 0 Å². The van der Waals surface area contributed by atoms with Crippen LogP contribution in [0.25, 0.3) is 0 Å². The van der Waals surface area contributed by atoms with Crippen LogP contribution in [0.15, 0.2) is 24.3 Å². The number of rotatable bonds is 5. The molecular formula is C16H24N4. The number of nitrogens with two attached hydrogens (primary N) is 1. The van der Waals surface area contributed by atoms with E-state index in [4.69, 9.17) is 11.0 Å². The molecular weight excluding hydrogens is 248 g/mol. The van der Waals surface area contributed by atoms with Crippen molar-refractivity contribution >= 4 is 0 Å². The quantitative estimate of drug-likeness (QED) is 0.871. The molecule has 1 atom stereocenters. The fraction of sp³-hybridized carbons (Fsp3) is 0.562. The summed E-state index contributed by atoms with van der Waals surface area (Å²) in [7, 11) is 2.17. The van der Waals surface area contributed by atoms with Gasteiger partial charge >= 0.3 is 0 Å². The number of nitrogens with zero attached hydrogens (tertiary/aromatic N) is 3. The van der Waals surface area contributed by atoms with E-state index >= 15 is 0 Å². The van der Waals surface area contributed by atoms with Crippen LogP contribution in [0.4, 0.5) is 0 Å². The number of benzene rings is 1. The highest BCUT2D eigenvalue weighted by Crippen LogP contribution is 2.08. The Hall–Kier alpha value is -1.41. The van der Waals surface area contributed by atoms with Gasteiger partial charge in [-0.05, 0) is 44.1 Å². The molecule has 0 radical (unpaired) electrons. The Morgan fingerprint density at radius 1 is 1.20 bits per heavy atom. The third-order valence-electron chi connectivity index (χ3n) is 3.99. The molecule has 20 heavy (non-hydrogen) atoms. The highest BCUT2D eigenvalue weighted by atomic mass is 15.2. The zero-order chi connectivity index (χ0) is 14.4. The maximum absolute atomic E-state index is 8.77. The summed E-state index contributed by atoms with van der Waals surface area (Å²) in [6.07, 6.45) is 1.92. The Morgan fingerprint density at radius 2 is 1.85 bits per heavy atom. The largest absolute Gasteiger partial charge is 0.327 e. The summed E-state index contributed by atoms with van der Waals surface area (Å²) in [5.74, 6) is 0. The lowest BCUT2D eigenvalue weighted by molar-refractivity contribution is 0.150. The van der Waals surface area contributed by atoms with Crippen molar-refractivity contribution in [1.82, 2.24) is 9.80 Å². The third-order valence-corrected chi connectivity index (χ3v) is 3.99. The molecule has 0 bridgehead atoms. The summed E-state index contributed by atoms with van der Waals surface area (Å²) < 4.78 is 0. The molecule has 1 aliphatic heterocycles. The molecule has 2 N–H and O–H groups in total. The molecule has 0 saturated carbocycles. The van der Waals surface area contributed by atoms with Crippen molar-refractivity contribution in [3.63, 3.8) is 0 Å². The predicted octanol–water partition coefficient (Wildman–Crippen LogP) is 1.07. The van der Waals surface area contributed by atoms with Gasteiger partial charge in [0.25, 0.3) is 0 Å². The van der Waals surface area contributed by atoms with E-state index in [2.05, 4.69) is 22.9 Å². The lowest BCUT2D eigenvalue weighted by atomic mass is 10.0. The molecule has 1 saturated heterocycles. The van der Waals surface area contributed by atoms with Gasteiger partial charge in [0.2, 0.25) is 0 Å². The second-order valence-corrected chi connectivity index (χ2v) is 5.71. The minimum atomic E-state index is 0.197. The first kappa shape index (κ1) is 15.0. The lowest BCUT2D eigenvalue weighted by Crippen LogP contribution is -2.45. The maximum Gasteiger partial charge on any atom is 0.0991 e. The van der Waals surface area contributed by atoms with Crippen LogP contribution >= 0.6 is 0 Å². The lowest BCUT2D eigenvalue weighted by Gasteiger charge is -2.32. The van der Waals surface area contributed by atoms with E-state index in [1.165, 1.54) is 5.56 Å². The van der Waals surface area contributed by atoms with Gasteiger partial charge in [-0.15, -0.1) is 0 Å². The minimum Gasteiger partial charge on any atom is -0.327 e. The molecule has 0 spiro atoms. The Balaban J connectivity index is 1.72. The molecule has 0 aliphatic carbocycles. The molecule has 2 rings (SSSR count). The van der Waals surface area contributed by atoms with Gasteiger partial charge in [-0.3, -0.25) is 0 Å². The van der Waals surface area contributed by atoms with Crippen molar-refractivity contribution in [2.24, 2.45) is 5.73 Å². The first-order valence-electron chi connectivity index (χ1n) is 7.33. The van der Waals surface area contributed by atoms with E-state index in [0.717, 1.165) is 45.6 Å². The standard InChI is InChI=1S/C16H24N4/c1-19-8-10-20(11-9-19)7-6-16(18)12-14-2-4-15(13-17)5-3-14/h2-5,16H,6-12,18H2,1H3/t16-/m0/s1. The van der Waals surface area contributed by atoms with Crippen LogP contribution in [-0.4, -0.2) is 55.6 Å². The maximum atomic E-state index is 8.77. The average molecular weight is 272 g/mol. The topological polar surface area (TPSA) is 56.3 Å². The number of likely N-dealkylation sites (N-methyl/N-ethyl adjacent to an activating group) is 1. The Labute approximate surface area is 121 Å². The molecule has 108 valence electrons. The van der Waals surface area contributed by atoms with Crippen molar-refractivity contribution < 1.29 is 0 Å². The number of nitriles is 1. The first-order chi connectivity index (χ1) is 9.67. The first-order valence-corrected chi connectivity index (χ1v) is 7.33. The minimum absolute atomic E-state index is 0.197. The van der Waals surface area contributed by atoms with Gasteiger partial charge in [-0.1, -0.05) is 12.1 Å². The Bertz CT molecular complexity index is 441. The molecule has 1 fully saturated rings. The molecule has 4 nitrogen and oxygen atoms in total. The van der Waals surface area contributed by atoms with Gasteiger partial charge < -0.3 is 15.5 Å². The summed E-state index contributed by atoms with van der Waals surface area (Å²) in [4.78, 5) is 4.87. The van der Waals surface area contributed by atoms with Crippen LogP contribution in [-0.2, 0) is 6.42 Å². The van der Waals surface area contributed by atoms with Crippen LogP contribution in [0.1, 0.15) is 17.5 Å². The van der Waals surface area contributed by atoms with Crippen LogP contribution in [0.3, 0.4) is 0 Å². The summed E-state index contributed by atoms with van der Waals surface area (Å²) in [6, 6.07) is 10.1. The van der Waals surface area contributed by atoms with Gasteiger partial charge in [0, 0.05) is 32.2 Å². The average Bonchev–Trinajstić information content (AvgIpc) is 2.47. The van der Waals surface area contributed by atoms with Crippen molar-refractivity contribution in [2.45, 2.75) is 18.9 Å². The Morgan fingerprint density at radius 3 is 2.45 bits per heavy atom. The fourth-order valence-electron chi connectivity index (χ4n) is 2.54. The van der Waals surface area contributed by atoms with E-state index in [1.807, 2.05) is 24.3 Å². The third kappa shape index (κ3) is 4.61. The fourth-order valence-corrected chi connectivity index (χ4v) is 2.54. The zero-order valence-electron chi connectivity index (χ0n) is 12.3. The van der Waals surface area contributed by atoms with Crippen LogP contribution < -0.4 is 5.73 Å². The molecule has 0 unspecified atom stereocenters. The molecule has 1 aliphatic rings. The molecule has 0 aromatic heterocycles. The SMILES string of the molecule is CN1CCN(CC[C@H](N)Cc2ccc(C#N)cc2)CC1. The highest BCUT2D eigenvalue weighted by molar-refractivity contribution is 5.31. The Kier molecular flexibility index (Phi) is 5.54. The number of hydrogen-bond acceptors (Lipinski definition) is 4. The van der Waals surface area contributed by atoms with Gasteiger partial charge in [-0.2, -0.15) is 5.26 Å². The van der Waals surface area contributed by atoms with E-state index in [9.17, 15) is 0 Å². The van der Waals surface area contributed by atoms with E-state index in [-0.39, 0.29) is 6.04 Å². The normalized spacial score (nSPS) is 18.6. The second kappa shape index (κ2) is 7.39. The molecule has 0 amide bonds. The van der Waals surface area contributed by atoms with Gasteiger partial charge in [0.1, 0.15) is 0 Å². The number of hydrogen-bond donors (Lipinski definition) is 1. The van der Waals surface area contributed by atoms with E-state index in [1.54, 1.807) is 0 Å². The van der Waals surface area contributed by atoms with Crippen molar-refractivity contribution in [3.8, 4) is 6.07 Å². The summed E-state index contributed by atoms with van der Waals surface area (Å²) in [5.41, 5.74) is 8.14. The van der Waals surface area contributed by atoms with Crippen LogP contribution in [0, 0.1) is 11.3 Å². The molecule has 1 aromatic carbocycles. The summed E-state index contributed by atoms with van der Waals surface area (Å²) >= 11 is 0. The summed E-state index contributed by atoms with van der Waals surface area (Å²) in [6.45, 7) is 5.71. The van der Waals surface area contributed by atoms with E-state index < -0.39 is 0 Å². The van der Waals surface area contributed by atoms with Gasteiger partial charge in [0.05, 0.1) is 11.6 Å². The molecule has 1 heterocycles. The number of piperazine rings is 1. The molecule has 4 heteroatoms. The van der Waals surface area contributed by atoms with Gasteiger partial charge in [-0.25, -0.2) is 0 Å². The van der Waals surface area contributed by atoms with Crippen LogP contribution in [0.2, 0.25) is 0 Å². The van der Waals surface area contributed by atoms with Crippen LogP contribution in [0.5, 0.6) is 0 Å². The molecule has 1 aromatic rings. The highest BCUT2D eigenvalue weighted by Gasteiger charge is 2.14. The van der Waals surface area contributed by atoms with Crippen molar-refractivity contribution in [2.75, 3.05) is 39.8 Å². The monoisotopic (exact) mass is 272 g/mol.